The average Bonchev–Trinajstić information content (AvgIpc) is 2.81. The zero-order chi connectivity index (χ0) is 14.5. The summed E-state index contributed by atoms with van der Waals surface area (Å²) in [6.45, 7) is 7.18. The number of nitrogens with zero attached hydrogens (tertiary/aromatic N) is 6. The molecule has 0 bridgehead atoms. The third kappa shape index (κ3) is 3.66. The summed E-state index contributed by atoms with van der Waals surface area (Å²) in [6, 6.07) is 1.93. The van der Waals surface area contributed by atoms with E-state index in [1.54, 1.807) is 4.68 Å². The molecule has 2 aromatic rings. The lowest BCUT2D eigenvalue weighted by Gasteiger charge is -2.10. The van der Waals surface area contributed by atoms with Gasteiger partial charge >= 0.3 is 0 Å². The lowest BCUT2D eigenvalue weighted by Crippen LogP contribution is -2.07. The first-order valence-corrected chi connectivity index (χ1v) is 7.44. The van der Waals surface area contributed by atoms with E-state index >= 15 is 0 Å². The van der Waals surface area contributed by atoms with Crippen molar-refractivity contribution in [3.8, 4) is 0 Å². The molecule has 0 aliphatic rings. The predicted octanol–water partition coefficient (Wildman–Crippen LogP) is 2.10. The fraction of sp³-hybridized carbons (Fsp3) is 0.583. The van der Waals surface area contributed by atoms with Gasteiger partial charge in [0.1, 0.15) is 16.7 Å². The van der Waals surface area contributed by atoms with Gasteiger partial charge in [0.05, 0.1) is 0 Å². The van der Waals surface area contributed by atoms with Crippen LogP contribution >= 0.6 is 11.8 Å². The second kappa shape index (κ2) is 6.65. The Bertz CT molecular complexity index is 567. The Morgan fingerprint density at radius 1 is 1.35 bits per heavy atom. The van der Waals surface area contributed by atoms with Crippen molar-refractivity contribution in [2.75, 3.05) is 11.9 Å². The summed E-state index contributed by atoms with van der Waals surface area (Å²) >= 11 is 1.44. The summed E-state index contributed by atoms with van der Waals surface area (Å²) in [4.78, 5) is 9.09. The number of anilines is 1. The summed E-state index contributed by atoms with van der Waals surface area (Å²) in [5.41, 5.74) is 0. The molecule has 108 valence electrons. The molecule has 1 N–H and O–H groups in total. The highest BCUT2D eigenvalue weighted by Crippen LogP contribution is 2.26. The van der Waals surface area contributed by atoms with E-state index in [0.717, 1.165) is 29.6 Å². The number of aromatic nitrogens is 6. The Balaban J connectivity index is 2.26. The average molecular weight is 293 g/mol. The molecule has 0 aliphatic heterocycles. The van der Waals surface area contributed by atoms with Gasteiger partial charge in [-0.3, -0.25) is 0 Å². The minimum Gasteiger partial charge on any atom is -0.370 e. The van der Waals surface area contributed by atoms with Crippen molar-refractivity contribution < 1.29 is 0 Å². The molecule has 0 amide bonds. The number of hydrogen-bond donors (Lipinski definition) is 1. The molecule has 2 rings (SSSR count). The quantitative estimate of drug-likeness (QED) is 0.817. The Labute approximate surface area is 122 Å². The maximum atomic E-state index is 4.56. The van der Waals surface area contributed by atoms with Gasteiger partial charge in [0.2, 0.25) is 5.16 Å². The van der Waals surface area contributed by atoms with Crippen LogP contribution in [0.3, 0.4) is 0 Å². The largest absolute Gasteiger partial charge is 0.370 e. The molecular weight excluding hydrogens is 274 g/mol. The third-order valence-electron chi connectivity index (χ3n) is 2.57. The third-order valence-corrected chi connectivity index (χ3v) is 3.52. The molecule has 7 nitrogen and oxygen atoms in total. The topological polar surface area (TPSA) is 81.4 Å². The molecular formula is C12H19N7S. The van der Waals surface area contributed by atoms with Crippen LogP contribution < -0.4 is 5.32 Å². The molecule has 2 aromatic heterocycles. The van der Waals surface area contributed by atoms with Gasteiger partial charge < -0.3 is 5.32 Å². The van der Waals surface area contributed by atoms with Crippen LogP contribution in [-0.2, 0) is 7.05 Å². The van der Waals surface area contributed by atoms with Crippen molar-refractivity contribution in [3.05, 3.63) is 11.9 Å². The van der Waals surface area contributed by atoms with Crippen LogP contribution in [0.15, 0.2) is 16.2 Å². The van der Waals surface area contributed by atoms with E-state index in [4.69, 9.17) is 0 Å². The summed E-state index contributed by atoms with van der Waals surface area (Å²) in [6.07, 6.45) is 1.05. The molecule has 0 saturated heterocycles. The van der Waals surface area contributed by atoms with E-state index in [0.29, 0.717) is 5.16 Å². The molecule has 8 heteroatoms. The number of aryl methyl sites for hydroxylation is 1. The highest BCUT2D eigenvalue weighted by Gasteiger charge is 2.11. The molecule has 0 spiro atoms. The second-order valence-corrected chi connectivity index (χ2v) is 5.71. The van der Waals surface area contributed by atoms with Crippen LogP contribution in [0.4, 0.5) is 5.82 Å². The highest BCUT2D eigenvalue weighted by molar-refractivity contribution is 7.99. The first-order chi connectivity index (χ1) is 9.60. The van der Waals surface area contributed by atoms with E-state index in [1.165, 1.54) is 11.8 Å². The normalized spacial score (nSPS) is 11.1. The summed E-state index contributed by atoms with van der Waals surface area (Å²) < 4.78 is 1.63. The van der Waals surface area contributed by atoms with Crippen molar-refractivity contribution in [2.45, 2.75) is 43.3 Å². The lowest BCUT2D eigenvalue weighted by molar-refractivity contribution is 0.663. The smallest absolute Gasteiger partial charge is 0.215 e. The summed E-state index contributed by atoms with van der Waals surface area (Å²) in [5.74, 6) is 1.95. The Hall–Kier alpha value is -1.70. The SMILES string of the molecule is CCCNc1cc(Sc2nnnn2C)nc(C(C)C)n1. The molecule has 0 saturated carbocycles. The van der Waals surface area contributed by atoms with E-state index in [-0.39, 0.29) is 5.92 Å². The maximum Gasteiger partial charge on any atom is 0.215 e. The van der Waals surface area contributed by atoms with Crippen LogP contribution in [0.1, 0.15) is 38.9 Å². The van der Waals surface area contributed by atoms with Gasteiger partial charge in [0, 0.05) is 25.6 Å². The minimum atomic E-state index is 0.273. The van der Waals surface area contributed by atoms with Gasteiger partial charge in [-0.2, -0.15) is 0 Å². The van der Waals surface area contributed by atoms with Crippen molar-refractivity contribution in [2.24, 2.45) is 7.05 Å². The van der Waals surface area contributed by atoms with Crippen molar-refractivity contribution >= 4 is 17.6 Å². The number of tetrazole rings is 1. The second-order valence-electron chi connectivity index (χ2n) is 4.72. The maximum absolute atomic E-state index is 4.56. The van der Waals surface area contributed by atoms with Gasteiger partial charge in [0.15, 0.2) is 0 Å². The first kappa shape index (κ1) is 14.7. The predicted molar refractivity (Wildman–Crippen MR) is 77.8 cm³/mol. The van der Waals surface area contributed by atoms with Gasteiger partial charge in [-0.05, 0) is 28.6 Å². The Kier molecular flexibility index (Phi) is 4.89. The molecule has 20 heavy (non-hydrogen) atoms. The first-order valence-electron chi connectivity index (χ1n) is 6.63. The number of hydrogen-bond acceptors (Lipinski definition) is 7. The van der Waals surface area contributed by atoms with Crippen LogP contribution in [0, 0.1) is 0 Å². The van der Waals surface area contributed by atoms with E-state index < -0.39 is 0 Å². The van der Waals surface area contributed by atoms with Crippen LogP contribution in [0.25, 0.3) is 0 Å². The standard InChI is InChI=1S/C12H19N7S/c1-5-6-13-9-7-10(15-11(14-9)8(2)3)20-12-16-17-18-19(12)4/h7-8H,5-6H2,1-4H3,(H,13,14,15). The molecule has 0 aliphatic carbocycles. The van der Waals surface area contributed by atoms with Crippen molar-refractivity contribution in [3.63, 3.8) is 0 Å². The summed E-state index contributed by atoms with van der Waals surface area (Å²) in [5, 5.41) is 16.3. The lowest BCUT2D eigenvalue weighted by atomic mass is 10.2. The Morgan fingerprint density at radius 2 is 2.15 bits per heavy atom. The van der Waals surface area contributed by atoms with E-state index in [9.17, 15) is 0 Å². The minimum absolute atomic E-state index is 0.273. The summed E-state index contributed by atoms with van der Waals surface area (Å²) in [7, 11) is 1.81. The van der Waals surface area contributed by atoms with Gasteiger partial charge in [-0.1, -0.05) is 20.8 Å². The number of rotatable bonds is 6. The van der Waals surface area contributed by atoms with Gasteiger partial charge in [0.25, 0.3) is 0 Å². The van der Waals surface area contributed by atoms with E-state index in [1.807, 2.05) is 13.1 Å². The molecule has 0 atom stereocenters. The molecule has 0 unspecified atom stereocenters. The highest BCUT2D eigenvalue weighted by atomic mass is 32.2. The molecule has 0 radical (unpaired) electrons. The molecule has 0 fully saturated rings. The zero-order valence-electron chi connectivity index (χ0n) is 12.2. The van der Waals surface area contributed by atoms with Crippen molar-refractivity contribution in [1.82, 2.24) is 30.2 Å². The van der Waals surface area contributed by atoms with Crippen LogP contribution in [0.2, 0.25) is 0 Å². The fourth-order valence-corrected chi connectivity index (χ4v) is 2.24. The van der Waals surface area contributed by atoms with Crippen molar-refractivity contribution in [1.29, 1.82) is 0 Å². The molecule has 2 heterocycles. The zero-order valence-corrected chi connectivity index (χ0v) is 13.0. The number of nitrogens with one attached hydrogen (secondary N) is 1. The van der Waals surface area contributed by atoms with E-state index in [2.05, 4.69) is 51.6 Å². The van der Waals surface area contributed by atoms with Crippen LogP contribution in [0.5, 0.6) is 0 Å². The molecule has 0 aromatic carbocycles. The van der Waals surface area contributed by atoms with Gasteiger partial charge in [-0.25, -0.2) is 14.6 Å². The van der Waals surface area contributed by atoms with Crippen LogP contribution in [-0.4, -0.2) is 36.7 Å². The fourth-order valence-electron chi connectivity index (χ4n) is 1.50. The van der Waals surface area contributed by atoms with Gasteiger partial charge in [-0.15, -0.1) is 5.10 Å². The monoisotopic (exact) mass is 293 g/mol. The Morgan fingerprint density at radius 3 is 2.75 bits per heavy atom.